The van der Waals surface area contributed by atoms with E-state index in [2.05, 4.69) is 20.3 Å². The van der Waals surface area contributed by atoms with Crippen molar-refractivity contribution in [1.82, 2.24) is 20.3 Å². The van der Waals surface area contributed by atoms with Gasteiger partial charge in [0.15, 0.2) is 0 Å². The van der Waals surface area contributed by atoms with Crippen molar-refractivity contribution in [2.45, 2.75) is 6.42 Å². The Labute approximate surface area is 151 Å². The van der Waals surface area contributed by atoms with E-state index in [4.69, 9.17) is 13.7 Å². The molecule has 7 nitrogen and oxygen atoms in total. The van der Waals surface area contributed by atoms with Crippen molar-refractivity contribution < 1.29 is 22.5 Å². The van der Waals surface area contributed by atoms with E-state index >= 15 is 0 Å². The summed E-state index contributed by atoms with van der Waals surface area (Å²) in [5.74, 6) is 0.102. The third-order valence-electron chi connectivity index (χ3n) is 3.70. The van der Waals surface area contributed by atoms with Gasteiger partial charge >= 0.3 is 0 Å². The van der Waals surface area contributed by atoms with Crippen molar-refractivity contribution in [2.75, 3.05) is 7.11 Å². The molecule has 0 spiro atoms. The van der Waals surface area contributed by atoms with Gasteiger partial charge in [-0.15, -0.1) is 10.2 Å². The number of halogens is 2. The fourth-order valence-electron chi connectivity index (χ4n) is 2.43. The lowest BCUT2D eigenvalue weighted by atomic mass is 10.2. The highest BCUT2D eigenvalue weighted by atomic mass is 19.1. The van der Waals surface area contributed by atoms with Crippen molar-refractivity contribution in [3.63, 3.8) is 0 Å². The lowest BCUT2D eigenvalue weighted by Crippen LogP contribution is -1.89. The third-order valence-corrected chi connectivity index (χ3v) is 3.70. The first-order valence-corrected chi connectivity index (χ1v) is 7.86. The van der Waals surface area contributed by atoms with Crippen molar-refractivity contribution in [1.29, 1.82) is 0 Å². The number of methoxy groups -OCH3 is 1. The average Bonchev–Trinajstić information content (AvgIpc) is 3.31. The van der Waals surface area contributed by atoms with Crippen LogP contribution in [0.5, 0.6) is 5.75 Å². The molecule has 0 fully saturated rings. The monoisotopic (exact) mass is 370 g/mol. The molecule has 0 aliphatic heterocycles. The Morgan fingerprint density at radius 2 is 1.67 bits per heavy atom. The first-order valence-electron chi connectivity index (χ1n) is 7.86. The van der Waals surface area contributed by atoms with Crippen LogP contribution in [0, 0.1) is 11.6 Å². The lowest BCUT2D eigenvalue weighted by Gasteiger charge is -1.98. The molecule has 0 radical (unpaired) electrons. The van der Waals surface area contributed by atoms with E-state index in [1.807, 2.05) is 0 Å². The zero-order valence-electron chi connectivity index (χ0n) is 14.0. The van der Waals surface area contributed by atoms with Crippen LogP contribution in [0.2, 0.25) is 0 Å². The molecule has 2 heterocycles. The molecule has 0 aliphatic rings. The van der Waals surface area contributed by atoms with Gasteiger partial charge in [0.2, 0.25) is 23.5 Å². The molecule has 2 aromatic carbocycles. The summed E-state index contributed by atoms with van der Waals surface area (Å²) in [4.78, 5) is 4.28. The van der Waals surface area contributed by atoms with Gasteiger partial charge in [0.25, 0.3) is 0 Å². The average molecular weight is 370 g/mol. The predicted molar refractivity (Wildman–Crippen MR) is 88.7 cm³/mol. The summed E-state index contributed by atoms with van der Waals surface area (Å²) < 4.78 is 42.3. The maximum Gasteiger partial charge on any atom is 0.247 e. The van der Waals surface area contributed by atoms with Gasteiger partial charge < -0.3 is 13.7 Å². The molecule has 0 saturated heterocycles. The van der Waals surface area contributed by atoms with E-state index in [0.717, 1.165) is 29.5 Å². The fraction of sp³-hybridized carbons (Fsp3) is 0.111. The van der Waals surface area contributed by atoms with Gasteiger partial charge in [-0.3, -0.25) is 0 Å². The number of hydrogen-bond acceptors (Lipinski definition) is 7. The molecule has 2 aromatic heterocycles. The first-order chi connectivity index (χ1) is 13.1. The summed E-state index contributed by atoms with van der Waals surface area (Å²) in [6.45, 7) is 0. The highest BCUT2D eigenvalue weighted by molar-refractivity contribution is 5.55. The molecule has 9 heteroatoms. The van der Waals surface area contributed by atoms with Gasteiger partial charge in [-0.25, -0.2) is 8.78 Å². The second kappa shape index (κ2) is 6.94. The summed E-state index contributed by atoms with van der Waals surface area (Å²) in [6.07, 6.45) is 0.0912. The number of ether oxygens (including phenoxy) is 1. The minimum Gasteiger partial charge on any atom is -0.497 e. The maximum absolute atomic E-state index is 13.3. The summed E-state index contributed by atoms with van der Waals surface area (Å²) in [5.41, 5.74) is 0.906. The molecule has 0 unspecified atom stereocenters. The SMILES string of the molecule is COc1ccc(-c2noc(Cc3nnc(-c4cc(F)cc(F)c4)o3)n2)cc1. The Kier molecular flexibility index (Phi) is 4.33. The standard InChI is InChI=1S/C18H12F2N4O3/c1-25-14-4-2-10(3-5-14)17-21-15(27-24-17)9-16-22-23-18(26-16)11-6-12(19)8-13(20)7-11/h2-8H,9H2,1H3. The van der Waals surface area contributed by atoms with E-state index in [0.29, 0.717) is 5.82 Å². The summed E-state index contributed by atoms with van der Waals surface area (Å²) in [7, 11) is 1.58. The quantitative estimate of drug-likeness (QED) is 0.530. The molecular weight excluding hydrogens is 358 g/mol. The molecule has 0 N–H and O–H groups in total. The van der Waals surface area contributed by atoms with Crippen molar-refractivity contribution in [2.24, 2.45) is 0 Å². The van der Waals surface area contributed by atoms with E-state index in [1.165, 1.54) is 0 Å². The van der Waals surface area contributed by atoms with Gasteiger partial charge in [0.05, 0.1) is 7.11 Å². The van der Waals surface area contributed by atoms with Crippen LogP contribution in [-0.2, 0) is 6.42 Å². The smallest absolute Gasteiger partial charge is 0.247 e. The van der Waals surface area contributed by atoms with E-state index in [9.17, 15) is 8.78 Å². The zero-order valence-corrected chi connectivity index (χ0v) is 14.0. The van der Waals surface area contributed by atoms with E-state index in [-0.39, 0.29) is 29.7 Å². The molecule has 136 valence electrons. The summed E-state index contributed by atoms with van der Waals surface area (Å²) in [5, 5.41) is 11.6. The molecule has 0 saturated carbocycles. The molecular formula is C18H12F2N4O3. The third kappa shape index (κ3) is 3.66. The number of benzene rings is 2. The number of hydrogen-bond donors (Lipinski definition) is 0. The van der Waals surface area contributed by atoms with Gasteiger partial charge in [0, 0.05) is 17.2 Å². The largest absolute Gasteiger partial charge is 0.497 e. The molecule has 4 aromatic rings. The van der Waals surface area contributed by atoms with Gasteiger partial charge in [0.1, 0.15) is 23.8 Å². The van der Waals surface area contributed by atoms with Crippen LogP contribution in [0.25, 0.3) is 22.8 Å². The Morgan fingerprint density at radius 1 is 0.926 bits per heavy atom. The Balaban J connectivity index is 1.51. The molecule has 0 amide bonds. The minimum absolute atomic E-state index is 0.00158. The molecule has 27 heavy (non-hydrogen) atoms. The highest BCUT2D eigenvalue weighted by Crippen LogP contribution is 2.23. The van der Waals surface area contributed by atoms with Crippen LogP contribution >= 0.6 is 0 Å². The van der Waals surface area contributed by atoms with Gasteiger partial charge in [-0.2, -0.15) is 4.98 Å². The Hall–Kier alpha value is -3.62. The molecule has 0 aliphatic carbocycles. The van der Waals surface area contributed by atoms with Crippen LogP contribution in [0.3, 0.4) is 0 Å². The van der Waals surface area contributed by atoms with Crippen molar-refractivity contribution in [3.05, 3.63) is 65.9 Å². The fourth-order valence-corrected chi connectivity index (χ4v) is 2.43. The number of rotatable bonds is 5. The Morgan fingerprint density at radius 3 is 2.37 bits per heavy atom. The summed E-state index contributed by atoms with van der Waals surface area (Å²) in [6, 6.07) is 10.2. The van der Waals surface area contributed by atoms with E-state index < -0.39 is 11.6 Å². The highest BCUT2D eigenvalue weighted by Gasteiger charge is 2.15. The van der Waals surface area contributed by atoms with Gasteiger partial charge in [-0.1, -0.05) is 5.16 Å². The predicted octanol–water partition coefficient (Wildman–Crippen LogP) is 3.66. The maximum atomic E-state index is 13.3. The molecule has 0 bridgehead atoms. The van der Waals surface area contributed by atoms with Crippen LogP contribution in [0.4, 0.5) is 8.78 Å². The van der Waals surface area contributed by atoms with E-state index in [1.54, 1.807) is 31.4 Å². The summed E-state index contributed by atoms with van der Waals surface area (Å²) >= 11 is 0. The lowest BCUT2D eigenvalue weighted by molar-refractivity contribution is 0.374. The van der Waals surface area contributed by atoms with Crippen LogP contribution in [-0.4, -0.2) is 27.4 Å². The van der Waals surface area contributed by atoms with Crippen LogP contribution in [0.15, 0.2) is 51.4 Å². The van der Waals surface area contributed by atoms with Gasteiger partial charge in [-0.05, 0) is 36.4 Å². The second-order valence-corrected chi connectivity index (χ2v) is 5.58. The molecule has 4 rings (SSSR count). The first kappa shape index (κ1) is 16.8. The zero-order chi connectivity index (χ0) is 18.8. The number of aromatic nitrogens is 4. The van der Waals surface area contributed by atoms with Crippen LogP contribution < -0.4 is 4.74 Å². The minimum atomic E-state index is -0.731. The molecule has 0 atom stereocenters. The normalized spacial score (nSPS) is 10.9. The second-order valence-electron chi connectivity index (χ2n) is 5.58. The Bertz CT molecular complexity index is 1060. The topological polar surface area (TPSA) is 87.1 Å². The number of nitrogens with zero attached hydrogens (tertiary/aromatic N) is 4. The van der Waals surface area contributed by atoms with Crippen LogP contribution in [0.1, 0.15) is 11.8 Å². The van der Waals surface area contributed by atoms with Crippen molar-refractivity contribution >= 4 is 0 Å². The van der Waals surface area contributed by atoms with Crippen molar-refractivity contribution in [3.8, 4) is 28.6 Å².